The number of sulfonamides is 1. The van der Waals surface area contributed by atoms with Gasteiger partial charge in [0.15, 0.2) is 0 Å². The first-order chi connectivity index (χ1) is 9.23. The van der Waals surface area contributed by atoms with Crippen molar-refractivity contribution < 1.29 is 12.8 Å². The van der Waals surface area contributed by atoms with Crippen molar-refractivity contribution in [2.75, 3.05) is 12.3 Å². The molecule has 0 bridgehead atoms. The van der Waals surface area contributed by atoms with Crippen LogP contribution < -0.4 is 10.5 Å². The number of anilines is 1. The number of benzene rings is 1. The van der Waals surface area contributed by atoms with Crippen LogP contribution in [0.15, 0.2) is 17.0 Å². The van der Waals surface area contributed by atoms with E-state index in [0.29, 0.717) is 6.54 Å². The fourth-order valence-electron chi connectivity index (χ4n) is 2.50. The Bertz CT molecular complexity index is 613. The largest absolute Gasteiger partial charge is 0.396 e. The standard InChI is InChI=1S/C13H18ClFN2O2S/c1-13(4-2-3-5-13)8-17-20(18,19)12-7-11(16)10(15)6-9(12)14/h6-7,17H,2-5,8,16H2,1H3. The molecule has 0 aromatic heterocycles. The topological polar surface area (TPSA) is 72.2 Å². The van der Waals surface area contributed by atoms with E-state index in [1.54, 1.807) is 0 Å². The Labute approximate surface area is 123 Å². The lowest BCUT2D eigenvalue weighted by Crippen LogP contribution is -2.34. The summed E-state index contributed by atoms with van der Waals surface area (Å²) < 4.78 is 40.3. The van der Waals surface area contributed by atoms with Crippen molar-refractivity contribution in [2.45, 2.75) is 37.5 Å². The number of nitrogen functional groups attached to an aromatic ring is 1. The number of hydrogen-bond acceptors (Lipinski definition) is 3. The summed E-state index contributed by atoms with van der Waals surface area (Å²) in [6.45, 7) is 2.41. The van der Waals surface area contributed by atoms with Gasteiger partial charge in [0, 0.05) is 6.54 Å². The van der Waals surface area contributed by atoms with Gasteiger partial charge in [-0.25, -0.2) is 17.5 Å². The minimum absolute atomic E-state index is 0.0227. The number of rotatable bonds is 4. The van der Waals surface area contributed by atoms with E-state index >= 15 is 0 Å². The zero-order chi connectivity index (χ0) is 15.0. The number of halogens is 2. The predicted molar refractivity (Wildman–Crippen MR) is 77.6 cm³/mol. The first kappa shape index (κ1) is 15.5. The third-order valence-electron chi connectivity index (χ3n) is 3.84. The van der Waals surface area contributed by atoms with E-state index in [-0.39, 0.29) is 21.0 Å². The minimum Gasteiger partial charge on any atom is -0.396 e. The maximum absolute atomic E-state index is 13.2. The van der Waals surface area contributed by atoms with Gasteiger partial charge in [-0.05, 0) is 30.4 Å². The summed E-state index contributed by atoms with van der Waals surface area (Å²) in [6, 6.07) is 1.97. The van der Waals surface area contributed by atoms with E-state index in [9.17, 15) is 12.8 Å². The monoisotopic (exact) mass is 320 g/mol. The molecule has 1 saturated carbocycles. The molecule has 0 unspecified atom stereocenters. The molecule has 0 aliphatic heterocycles. The summed E-state index contributed by atoms with van der Waals surface area (Å²) in [7, 11) is -3.78. The van der Waals surface area contributed by atoms with Crippen molar-refractivity contribution in [3.8, 4) is 0 Å². The average molecular weight is 321 g/mol. The molecule has 112 valence electrons. The number of nitrogens with one attached hydrogen (secondary N) is 1. The first-order valence-electron chi connectivity index (χ1n) is 6.48. The van der Waals surface area contributed by atoms with E-state index < -0.39 is 15.8 Å². The van der Waals surface area contributed by atoms with Gasteiger partial charge in [0.05, 0.1) is 10.7 Å². The summed E-state index contributed by atoms with van der Waals surface area (Å²) in [4.78, 5) is -0.181. The van der Waals surface area contributed by atoms with Crippen LogP contribution in [0.3, 0.4) is 0 Å². The zero-order valence-corrected chi connectivity index (χ0v) is 12.8. The molecule has 20 heavy (non-hydrogen) atoms. The molecule has 7 heteroatoms. The summed E-state index contributed by atoms with van der Waals surface area (Å²) in [5.41, 5.74) is 5.15. The highest BCUT2D eigenvalue weighted by Gasteiger charge is 2.31. The van der Waals surface area contributed by atoms with Crippen molar-refractivity contribution in [1.82, 2.24) is 4.72 Å². The SMILES string of the molecule is CC1(CNS(=O)(=O)c2cc(N)c(F)cc2Cl)CCCC1. The highest BCUT2D eigenvalue weighted by molar-refractivity contribution is 7.89. The van der Waals surface area contributed by atoms with Crippen LogP contribution in [0.4, 0.5) is 10.1 Å². The van der Waals surface area contributed by atoms with Crippen LogP contribution in [0.2, 0.25) is 5.02 Å². The third kappa shape index (κ3) is 3.24. The van der Waals surface area contributed by atoms with Crippen LogP contribution in [0.25, 0.3) is 0 Å². The molecule has 1 aromatic carbocycles. The van der Waals surface area contributed by atoms with Crippen molar-refractivity contribution in [1.29, 1.82) is 0 Å². The fourth-order valence-corrected chi connectivity index (χ4v) is 4.25. The Balaban J connectivity index is 2.20. The lowest BCUT2D eigenvalue weighted by Gasteiger charge is -2.23. The maximum atomic E-state index is 13.2. The molecule has 4 nitrogen and oxygen atoms in total. The normalized spacial score (nSPS) is 18.4. The number of hydrogen-bond donors (Lipinski definition) is 2. The molecule has 0 spiro atoms. The second-order valence-corrected chi connectivity index (χ2v) is 7.79. The van der Waals surface area contributed by atoms with E-state index in [4.69, 9.17) is 17.3 Å². The van der Waals surface area contributed by atoms with Gasteiger partial charge in [0.25, 0.3) is 0 Å². The zero-order valence-electron chi connectivity index (χ0n) is 11.2. The molecular weight excluding hydrogens is 303 g/mol. The van der Waals surface area contributed by atoms with Crippen molar-refractivity contribution in [3.63, 3.8) is 0 Å². The van der Waals surface area contributed by atoms with Gasteiger partial charge in [-0.3, -0.25) is 0 Å². The second-order valence-electron chi connectivity index (χ2n) is 5.65. The highest BCUT2D eigenvalue weighted by Crippen LogP contribution is 2.37. The molecular formula is C13H18ClFN2O2S. The van der Waals surface area contributed by atoms with Crippen molar-refractivity contribution in [3.05, 3.63) is 23.0 Å². The molecule has 2 rings (SSSR count). The van der Waals surface area contributed by atoms with Gasteiger partial charge in [0.1, 0.15) is 10.7 Å². The Kier molecular flexibility index (Phi) is 4.27. The van der Waals surface area contributed by atoms with Crippen LogP contribution in [-0.2, 0) is 10.0 Å². The van der Waals surface area contributed by atoms with Crippen LogP contribution in [0.1, 0.15) is 32.6 Å². The van der Waals surface area contributed by atoms with Crippen LogP contribution in [0, 0.1) is 11.2 Å². The maximum Gasteiger partial charge on any atom is 0.242 e. The molecule has 0 amide bonds. The highest BCUT2D eigenvalue weighted by atomic mass is 35.5. The van der Waals surface area contributed by atoms with E-state index in [1.165, 1.54) is 0 Å². The summed E-state index contributed by atoms with van der Waals surface area (Å²) in [5, 5.41) is -0.166. The Morgan fingerprint density at radius 1 is 1.40 bits per heavy atom. The molecule has 1 aromatic rings. The smallest absolute Gasteiger partial charge is 0.242 e. The van der Waals surface area contributed by atoms with Crippen LogP contribution in [0.5, 0.6) is 0 Å². The Morgan fingerprint density at radius 3 is 2.60 bits per heavy atom. The summed E-state index contributed by atoms with van der Waals surface area (Å²) in [6.07, 6.45) is 4.22. The molecule has 0 radical (unpaired) electrons. The van der Waals surface area contributed by atoms with E-state index in [2.05, 4.69) is 11.6 Å². The second kappa shape index (κ2) is 5.50. The molecule has 0 heterocycles. The van der Waals surface area contributed by atoms with Crippen molar-refractivity contribution >= 4 is 27.3 Å². The fraction of sp³-hybridized carbons (Fsp3) is 0.538. The van der Waals surface area contributed by atoms with Crippen LogP contribution in [-0.4, -0.2) is 15.0 Å². The Morgan fingerprint density at radius 2 is 2.00 bits per heavy atom. The molecule has 1 fully saturated rings. The number of nitrogens with two attached hydrogens (primary N) is 1. The van der Waals surface area contributed by atoms with E-state index in [0.717, 1.165) is 37.8 Å². The van der Waals surface area contributed by atoms with Gasteiger partial charge < -0.3 is 5.73 Å². The quantitative estimate of drug-likeness (QED) is 0.838. The summed E-state index contributed by atoms with van der Waals surface area (Å²) in [5.74, 6) is -0.725. The average Bonchev–Trinajstić information content (AvgIpc) is 2.79. The van der Waals surface area contributed by atoms with Gasteiger partial charge in [0.2, 0.25) is 10.0 Å². The van der Waals surface area contributed by atoms with Gasteiger partial charge in [-0.1, -0.05) is 31.4 Å². The molecule has 0 saturated heterocycles. The molecule has 0 atom stereocenters. The molecule has 3 N–H and O–H groups in total. The van der Waals surface area contributed by atoms with Gasteiger partial charge >= 0.3 is 0 Å². The summed E-state index contributed by atoms with van der Waals surface area (Å²) >= 11 is 5.80. The lowest BCUT2D eigenvalue weighted by molar-refractivity contribution is 0.336. The molecule has 1 aliphatic carbocycles. The van der Waals surface area contributed by atoms with Crippen molar-refractivity contribution in [2.24, 2.45) is 5.41 Å². The predicted octanol–water partition coefficient (Wildman–Crippen LogP) is 2.92. The van der Waals surface area contributed by atoms with Crippen LogP contribution >= 0.6 is 11.6 Å². The van der Waals surface area contributed by atoms with Gasteiger partial charge in [-0.15, -0.1) is 0 Å². The third-order valence-corrected chi connectivity index (χ3v) is 5.71. The lowest BCUT2D eigenvalue weighted by atomic mass is 9.89. The molecule has 1 aliphatic rings. The Hall–Kier alpha value is -0.850. The first-order valence-corrected chi connectivity index (χ1v) is 8.34. The minimum atomic E-state index is -3.78. The van der Waals surface area contributed by atoms with E-state index in [1.807, 2.05) is 0 Å². The van der Waals surface area contributed by atoms with Gasteiger partial charge in [-0.2, -0.15) is 0 Å².